The molecule has 0 radical (unpaired) electrons. The molecule has 2 amide bonds. The fraction of sp³-hybridized carbons (Fsp3) is 0.0476. The molecule has 0 aliphatic rings. The van der Waals surface area contributed by atoms with Gasteiger partial charge in [-0.15, -0.1) is 0 Å². The third-order valence-electron chi connectivity index (χ3n) is 3.93. The van der Waals surface area contributed by atoms with Crippen molar-refractivity contribution in [1.29, 1.82) is 0 Å². The Labute approximate surface area is 168 Å². The highest BCUT2D eigenvalue weighted by Crippen LogP contribution is 2.22. The number of rotatable bonds is 6. The summed E-state index contributed by atoms with van der Waals surface area (Å²) >= 11 is 0. The molecule has 0 aliphatic carbocycles. The van der Waals surface area contributed by atoms with Crippen molar-refractivity contribution >= 4 is 38.9 Å². The average Bonchev–Trinajstić information content (AvgIpc) is 2.70. The van der Waals surface area contributed by atoms with Gasteiger partial charge < -0.3 is 10.6 Å². The zero-order valence-electron chi connectivity index (χ0n) is 15.5. The van der Waals surface area contributed by atoms with E-state index in [2.05, 4.69) is 15.4 Å². The first-order valence-electron chi connectivity index (χ1n) is 8.71. The summed E-state index contributed by atoms with van der Waals surface area (Å²) in [5.74, 6) is -0.662. The van der Waals surface area contributed by atoms with Crippen molar-refractivity contribution < 1.29 is 18.0 Å². The number of benzene rings is 3. The van der Waals surface area contributed by atoms with E-state index >= 15 is 0 Å². The molecule has 3 aromatic rings. The highest BCUT2D eigenvalue weighted by atomic mass is 32.2. The number of amides is 2. The second-order valence-electron chi connectivity index (χ2n) is 6.18. The van der Waals surface area contributed by atoms with Gasteiger partial charge in [-0.2, -0.15) is 0 Å². The molecular formula is C21H19N3O4S. The lowest BCUT2D eigenvalue weighted by Crippen LogP contribution is -2.18. The third kappa shape index (κ3) is 5.20. The summed E-state index contributed by atoms with van der Waals surface area (Å²) in [6, 6.07) is 20.8. The monoisotopic (exact) mass is 409 g/mol. The SMILES string of the molecule is CC(=O)Nc1ccc(NC(=O)c2ccccc2NS(=O)(=O)c2ccccc2)cc1. The molecule has 3 rings (SSSR count). The van der Waals surface area contributed by atoms with Gasteiger partial charge >= 0.3 is 0 Å². The molecule has 0 atom stereocenters. The number of carbonyl (C=O) groups excluding carboxylic acids is 2. The van der Waals surface area contributed by atoms with Crippen LogP contribution in [0.15, 0.2) is 83.8 Å². The summed E-state index contributed by atoms with van der Waals surface area (Å²) < 4.78 is 27.6. The van der Waals surface area contributed by atoms with Crippen LogP contribution in [-0.4, -0.2) is 20.2 Å². The largest absolute Gasteiger partial charge is 0.326 e. The Bertz CT molecular complexity index is 1130. The first-order valence-corrected chi connectivity index (χ1v) is 10.2. The lowest BCUT2D eigenvalue weighted by Gasteiger charge is -2.13. The molecule has 0 heterocycles. The van der Waals surface area contributed by atoms with Crippen molar-refractivity contribution in [3.8, 4) is 0 Å². The van der Waals surface area contributed by atoms with E-state index in [0.717, 1.165) is 0 Å². The van der Waals surface area contributed by atoms with Crippen LogP contribution < -0.4 is 15.4 Å². The van der Waals surface area contributed by atoms with E-state index in [1.807, 2.05) is 0 Å². The van der Waals surface area contributed by atoms with E-state index in [-0.39, 0.29) is 22.1 Å². The van der Waals surface area contributed by atoms with Crippen molar-refractivity contribution in [2.75, 3.05) is 15.4 Å². The van der Waals surface area contributed by atoms with Gasteiger partial charge in [0.2, 0.25) is 5.91 Å². The van der Waals surface area contributed by atoms with Crippen LogP contribution in [0.5, 0.6) is 0 Å². The Morgan fingerprint density at radius 1 is 0.724 bits per heavy atom. The number of hydrogen-bond donors (Lipinski definition) is 3. The van der Waals surface area contributed by atoms with Gasteiger partial charge in [0.05, 0.1) is 16.1 Å². The maximum atomic E-state index is 12.7. The lowest BCUT2D eigenvalue weighted by molar-refractivity contribution is -0.114. The summed E-state index contributed by atoms with van der Waals surface area (Å²) in [7, 11) is -3.83. The minimum Gasteiger partial charge on any atom is -0.326 e. The van der Waals surface area contributed by atoms with Crippen LogP contribution in [0.2, 0.25) is 0 Å². The summed E-state index contributed by atoms with van der Waals surface area (Å²) in [5.41, 5.74) is 1.46. The normalized spacial score (nSPS) is 10.8. The smallest absolute Gasteiger partial charge is 0.261 e. The number of hydrogen-bond acceptors (Lipinski definition) is 4. The van der Waals surface area contributed by atoms with E-state index in [0.29, 0.717) is 11.4 Å². The van der Waals surface area contributed by atoms with Gasteiger partial charge in [-0.25, -0.2) is 8.42 Å². The maximum absolute atomic E-state index is 12.7. The first kappa shape index (κ1) is 20.1. The van der Waals surface area contributed by atoms with E-state index in [1.54, 1.807) is 54.6 Å². The zero-order chi connectivity index (χ0) is 20.9. The van der Waals surface area contributed by atoms with Crippen LogP contribution in [0.3, 0.4) is 0 Å². The highest BCUT2D eigenvalue weighted by molar-refractivity contribution is 7.92. The van der Waals surface area contributed by atoms with Crippen molar-refractivity contribution in [2.24, 2.45) is 0 Å². The molecule has 0 saturated carbocycles. The molecule has 3 aromatic carbocycles. The van der Waals surface area contributed by atoms with E-state index in [4.69, 9.17) is 0 Å². The highest BCUT2D eigenvalue weighted by Gasteiger charge is 2.18. The lowest BCUT2D eigenvalue weighted by atomic mass is 10.1. The van der Waals surface area contributed by atoms with Crippen molar-refractivity contribution in [3.63, 3.8) is 0 Å². The standard InChI is InChI=1S/C21H19N3O4S/c1-15(25)22-16-11-13-17(14-12-16)23-21(26)19-9-5-6-10-20(19)24-29(27,28)18-7-3-2-4-8-18/h2-14,24H,1H3,(H,22,25)(H,23,26). The predicted octanol–water partition coefficient (Wildman–Crippen LogP) is 3.70. The van der Waals surface area contributed by atoms with Gasteiger partial charge in [0.1, 0.15) is 0 Å². The van der Waals surface area contributed by atoms with Crippen LogP contribution >= 0.6 is 0 Å². The number of anilines is 3. The summed E-state index contributed by atoms with van der Waals surface area (Å²) in [4.78, 5) is 23.9. The van der Waals surface area contributed by atoms with Crippen LogP contribution in [0.1, 0.15) is 17.3 Å². The molecule has 0 aliphatic heterocycles. The quantitative estimate of drug-likeness (QED) is 0.577. The molecule has 0 bridgehead atoms. The number of nitrogens with one attached hydrogen (secondary N) is 3. The molecule has 0 spiro atoms. The fourth-order valence-corrected chi connectivity index (χ4v) is 3.71. The molecule has 0 aromatic heterocycles. The molecule has 29 heavy (non-hydrogen) atoms. The Balaban J connectivity index is 1.79. The number of carbonyl (C=O) groups is 2. The Kier molecular flexibility index (Phi) is 5.94. The Morgan fingerprint density at radius 2 is 1.28 bits per heavy atom. The molecule has 148 valence electrons. The van der Waals surface area contributed by atoms with Crippen molar-refractivity contribution in [2.45, 2.75) is 11.8 Å². The molecule has 0 fully saturated rings. The second-order valence-corrected chi connectivity index (χ2v) is 7.86. The Morgan fingerprint density at radius 3 is 1.90 bits per heavy atom. The molecule has 7 nitrogen and oxygen atoms in total. The van der Waals surface area contributed by atoms with Crippen LogP contribution in [-0.2, 0) is 14.8 Å². The van der Waals surface area contributed by atoms with E-state index in [9.17, 15) is 18.0 Å². The van der Waals surface area contributed by atoms with Gasteiger partial charge in [0, 0.05) is 18.3 Å². The van der Waals surface area contributed by atoms with Crippen LogP contribution in [0, 0.1) is 0 Å². The minimum absolute atomic E-state index is 0.101. The molecular weight excluding hydrogens is 390 g/mol. The summed E-state index contributed by atoms with van der Waals surface area (Å²) in [5, 5.41) is 5.36. The first-order chi connectivity index (χ1) is 13.8. The average molecular weight is 409 g/mol. The Hall–Kier alpha value is -3.65. The number of para-hydroxylation sites is 1. The molecule has 8 heteroatoms. The fourth-order valence-electron chi connectivity index (χ4n) is 2.61. The molecule has 3 N–H and O–H groups in total. The van der Waals surface area contributed by atoms with Gasteiger partial charge in [-0.05, 0) is 48.5 Å². The molecule has 0 unspecified atom stereocenters. The van der Waals surface area contributed by atoms with Crippen molar-refractivity contribution in [1.82, 2.24) is 0 Å². The summed E-state index contributed by atoms with van der Waals surface area (Å²) in [6.07, 6.45) is 0. The van der Waals surface area contributed by atoms with Gasteiger partial charge in [-0.1, -0.05) is 30.3 Å². The van der Waals surface area contributed by atoms with Gasteiger partial charge in [0.25, 0.3) is 15.9 Å². The number of sulfonamides is 1. The van der Waals surface area contributed by atoms with Crippen LogP contribution in [0.4, 0.5) is 17.1 Å². The summed E-state index contributed by atoms with van der Waals surface area (Å²) in [6.45, 7) is 1.41. The minimum atomic E-state index is -3.83. The van der Waals surface area contributed by atoms with Gasteiger partial charge in [0.15, 0.2) is 0 Å². The van der Waals surface area contributed by atoms with Crippen molar-refractivity contribution in [3.05, 3.63) is 84.4 Å². The predicted molar refractivity (Wildman–Crippen MR) is 112 cm³/mol. The third-order valence-corrected chi connectivity index (χ3v) is 5.31. The van der Waals surface area contributed by atoms with E-state index in [1.165, 1.54) is 31.2 Å². The second kappa shape index (κ2) is 8.57. The zero-order valence-corrected chi connectivity index (χ0v) is 16.4. The van der Waals surface area contributed by atoms with Gasteiger partial charge in [-0.3, -0.25) is 14.3 Å². The van der Waals surface area contributed by atoms with E-state index < -0.39 is 15.9 Å². The topological polar surface area (TPSA) is 104 Å². The van der Waals surface area contributed by atoms with Crippen LogP contribution in [0.25, 0.3) is 0 Å². The maximum Gasteiger partial charge on any atom is 0.261 e. The molecule has 0 saturated heterocycles.